The molecule has 9 heteroatoms. The molecular formula is C22H24N6O3. The van der Waals surface area contributed by atoms with E-state index in [-0.39, 0.29) is 23.4 Å². The fraction of sp³-hybridized carbons (Fsp3) is 0.318. The summed E-state index contributed by atoms with van der Waals surface area (Å²) in [6, 6.07) is 5.72. The van der Waals surface area contributed by atoms with Crippen molar-refractivity contribution < 1.29 is 14.6 Å². The van der Waals surface area contributed by atoms with E-state index in [4.69, 9.17) is 21.2 Å². The molecule has 0 saturated heterocycles. The first kappa shape index (κ1) is 19.4. The Labute approximate surface area is 178 Å². The Balaban J connectivity index is 1.76. The molecule has 0 bridgehead atoms. The van der Waals surface area contributed by atoms with Crippen molar-refractivity contribution in [1.82, 2.24) is 19.7 Å². The molecule has 1 fully saturated rings. The third-order valence-electron chi connectivity index (χ3n) is 6.20. The van der Waals surface area contributed by atoms with Gasteiger partial charge in [-0.2, -0.15) is 10.1 Å². The normalized spacial score (nSPS) is 14.9. The van der Waals surface area contributed by atoms with Crippen LogP contribution in [0, 0.1) is 19.3 Å². The third kappa shape index (κ3) is 2.92. The predicted molar refractivity (Wildman–Crippen MR) is 117 cm³/mol. The molecule has 5 rings (SSSR count). The van der Waals surface area contributed by atoms with Gasteiger partial charge in [-0.3, -0.25) is 14.5 Å². The van der Waals surface area contributed by atoms with Crippen LogP contribution in [0.2, 0.25) is 0 Å². The molecule has 160 valence electrons. The number of nitrogens with two attached hydrogens (primary N) is 2. The van der Waals surface area contributed by atoms with Gasteiger partial charge in [0, 0.05) is 21.8 Å². The zero-order chi connectivity index (χ0) is 21.9. The number of aliphatic hydroxyl groups excluding tert-OH is 1. The standard InChI is InChI=1S/C22H24N6O3/c1-11-3-4-15-14(8-25-27-15)17(11)28-18(23)16(19(24)30)13-7-12(2)21(26-20(13)28)31-10-22(9-29)5-6-22/h3-4,7-8,29H,5-6,9-10,23H2,1-2H3,(H2,24,30)(H,25,27). The summed E-state index contributed by atoms with van der Waals surface area (Å²) in [5, 5.41) is 18.1. The third-order valence-corrected chi connectivity index (χ3v) is 6.20. The largest absolute Gasteiger partial charge is 0.477 e. The Morgan fingerprint density at radius 3 is 2.74 bits per heavy atom. The van der Waals surface area contributed by atoms with Crippen molar-refractivity contribution in [3.63, 3.8) is 0 Å². The number of nitrogens with one attached hydrogen (secondary N) is 1. The minimum Gasteiger partial charge on any atom is -0.477 e. The van der Waals surface area contributed by atoms with Gasteiger partial charge in [0.15, 0.2) is 5.65 Å². The number of benzene rings is 1. The second-order valence-electron chi connectivity index (χ2n) is 8.45. The second kappa shape index (κ2) is 6.71. The predicted octanol–water partition coefficient (Wildman–Crippen LogP) is 2.35. The molecule has 3 heterocycles. The second-order valence-corrected chi connectivity index (χ2v) is 8.45. The number of amides is 1. The molecule has 0 spiro atoms. The lowest BCUT2D eigenvalue weighted by atomic mass is 10.1. The number of fused-ring (bicyclic) bond motifs is 2. The lowest BCUT2D eigenvalue weighted by Gasteiger charge is -2.15. The number of anilines is 1. The summed E-state index contributed by atoms with van der Waals surface area (Å²) in [5.74, 6) is 0.0433. The monoisotopic (exact) mass is 420 g/mol. The molecule has 0 atom stereocenters. The first-order valence-corrected chi connectivity index (χ1v) is 10.1. The smallest absolute Gasteiger partial charge is 0.253 e. The highest BCUT2D eigenvalue weighted by atomic mass is 16.5. The molecule has 0 aliphatic heterocycles. The topological polar surface area (TPSA) is 145 Å². The Hall–Kier alpha value is -3.59. The van der Waals surface area contributed by atoms with Crippen LogP contribution in [-0.2, 0) is 0 Å². The van der Waals surface area contributed by atoms with Gasteiger partial charge in [-0.1, -0.05) is 6.07 Å². The quantitative estimate of drug-likeness (QED) is 0.377. The van der Waals surface area contributed by atoms with Gasteiger partial charge in [0.25, 0.3) is 5.91 Å². The van der Waals surface area contributed by atoms with Crippen LogP contribution in [0.1, 0.15) is 34.3 Å². The zero-order valence-corrected chi connectivity index (χ0v) is 17.4. The van der Waals surface area contributed by atoms with Gasteiger partial charge >= 0.3 is 0 Å². The average Bonchev–Trinajstić information content (AvgIpc) is 3.26. The maximum absolute atomic E-state index is 12.3. The number of hydrogen-bond acceptors (Lipinski definition) is 6. The number of rotatable bonds is 6. The van der Waals surface area contributed by atoms with E-state index in [0.717, 1.165) is 40.6 Å². The molecule has 1 aliphatic carbocycles. The lowest BCUT2D eigenvalue weighted by Crippen LogP contribution is -2.18. The van der Waals surface area contributed by atoms with Crippen LogP contribution >= 0.6 is 0 Å². The van der Waals surface area contributed by atoms with Crippen molar-refractivity contribution in [1.29, 1.82) is 0 Å². The van der Waals surface area contributed by atoms with Gasteiger partial charge in [-0.05, 0) is 44.4 Å². The zero-order valence-electron chi connectivity index (χ0n) is 17.4. The fourth-order valence-corrected chi connectivity index (χ4v) is 4.09. The number of aromatic amines is 1. The summed E-state index contributed by atoms with van der Waals surface area (Å²) < 4.78 is 7.75. The number of carbonyl (C=O) groups excluding carboxylic acids is 1. The van der Waals surface area contributed by atoms with Crippen LogP contribution in [0.15, 0.2) is 24.4 Å². The molecule has 4 aromatic rings. The number of aliphatic hydroxyl groups is 1. The van der Waals surface area contributed by atoms with Gasteiger partial charge in [0.2, 0.25) is 5.88 Å². The van der Waals surface area contributed by atoms with Crippen molar-refractivity contribution in [2.75, 3.05) is 18.9 Å². The van der Waals surface area contributed by atoms with Gasteiger partial charge in [-0.15, -0.1) is 0 Å². The molecule has 1 aromatic carbocycles. The summed E-state index contributed by atoms with van der Waals surface area (Å²) in [6.07, 6.45) is 3.58. The SMILES string of the molecule is Cc1cc2c(C(N)=O)c(N)n(-c3c(C)ccc4[nH]ncc34)c2nc1OCC1(CO)CC1. The number of primary amides is 1. The van der Waals surface area contributed by atoms with Crippen LogP contribution in [0.3, 0.4) is 0 Å². The first-order chi connectivity index (χ1) is 14.8. The molecular weight excluding hydrogens is 396 g/mol. The Bertz CT molecular complexity index is 1350. The van der Waals surface area contributed by atoms with Crippen LogP contribution < -0.4 is 16.2 Å². The number of ether oxygens (including phenoxy) is 1. The minimum atomic E-state index is -0.620. The van der Waals surface area contributed by atoms with Crippen molar-refractivity contribution >= 4 is 33.7 Å². The van der Waals surface area contributed by atoms with E-state index in [1.54, 1.807) is 10.8 Å². The van der Waals surface area contributed by atoms with Crippen molar-refractivity contribution in [3.8, 4) is 11.6 Å². The summed E-state index contributed by atoms with van der Waals surface area (Å²) in [7, 11) is 0. The molecule has 3 aromatic heterocycles. The van der Waals surface area contributed by atoms with Crippen molar-refractivity contribution in [2.45, 2.75) is 26.7 Å². The molecule has 0 radical (unpaired) electrons. The van der Waals surface area contributed by atoms with Gasteiger partial charge < -0.3 is 21.3 Å². The number of H-pyrrole nitrogens is 1. The number of aromatic nitrogens is 4. The van der Waals surface area contributed by atoms with Gasteiger partial charge in [-0.25, -0.2) is 0 Å². The molecule has 9 nitrogen and oxygen atoms in total. The highest BCUT2D eigenvalue weighted by Gasteiger charge is 2.43. The summed E-state index contributed by atoms with van der Waals surface area (Å²) >= 11 is 0. The summed E-state index contributed by atoms with van der Waals surface area (Å²) in [5.41, 5.74) is 16.0. The average molecular weight is 420 g/mol. The molecule has 31 heavy (non-hydrogen) atoms. The maximum atomic E-state index is 12.3. The number of carbonyl (C=O) groups is 1. The van der Waals surface area contributed by atoms with Crippen molar-refractivity contribution in [3.05, 3.63) is 41.1 Å². The minimum absolute atomic E-state index is 0.0884. The molecule has 6 N–H and O–H groups in total. The summed E-state index contributed by atoms with van der Waals surface area (Å²) in [4.78, 5) is 17.1. The van der Waals surface area contributed by atoms with Crippen LogP contribution in [0.25, 0.3) is 27.6 Å². The molecule has 1 aliphatic rings. The van der Waals surface area contributed by atoms with E-state index in [1.807, 2.05) is 32.0 Å². The van der Waals surface area contributed by atoms with E-state index in [0.29, 0.717) is 23.5 Å². The number of pyridine rings is 1. The van der Waals surface area contributed by atoms with E-state index >= 15 is 0 Å². The lowest BCUT2D eigenvalue weighted by molar-refractivity contribution is 0.100. The maximum Gasteiger partial charge on any atom is 0.253 e. The number of aryl methyl sites for hydroxylation is 2. The van der Waals surface area contributed by atoms with E-state index in [1.165, 1.54) is 0 Å². The molecule has 1 amide bonds. The van der Waals surface area contributed by atoms with E-state index < -0.39 is 5.91 Å². The number of hydrogen-bond donors (Lipinski definition) is 4. The first-order valence-electron chi connectivity index (χ1n) is 10.1. The Morgan fingerprint density at radius 2 is 2.06 bits per heavy atom. The highest BCUT2D eigenvalue weighted by Crippen LogP contribution is 2.45. The molecule has 0 unspecified atom stereocenters. The van der Waals surface area contributed by atoms with Crippen LogP contribution in [0.4, 0.5) is 5.82 Å². The van der Waals surface area contributed by atoms with E-state index in [2.05, 4.69) is 10.2 Å². The summed E-state index contributed by atoms with van der Waals surface area (Å²) in [6.45, 7) is 4.30. The van der Waals surface area contributed by atoms with Crippen molar-refractivity contribution in [2.24, 2.45) is 11.1 Å². The Kier molecular flexibility index (Phi) is 4.19. The fourth-order valence-electron chi connectivity index (χ4n) is 4.09. The number of nitrogens with zero attached hydrogens (tertiary/aromatic N) is 3. The van der Waals surface area contributed by atoms with Gasteiger partial charge in [0.1, 0.15) is 5.82 Å². The molecule has 1 saturated carbocycles. The van der Waals surface area contributed by atoms with Crippen LogP contribution in [-0.4, -0.2) is 44.0 Å². The number of nitrogen functional groups attached to an aromatic ring is 1. The highest BCUT2D eigenvalue weighted by molar-refractivity contribution is 6.11. The van der Waals surface area contributed by atoms with Gasteiger partial charge in [0.05, 0.1) is 36.2 Å². The van der Waals surface area contributed by atoms with E-state index in [9.17, 15) is 9.90 Å². The Morgan fingerprint density at radius 1 is 1.29 bits per heavy atom. The van der Waals surface area contributed by atoms with Crippen LogP contribution in [0.5, 0.6) is 5.88 Å².